The Morgan fingerprint density at radius 1 is 1.12 bits per heavy atom. The van der Waals surface area contributed by atoms with Gasteiger partial charge in [-0.15, -0.1) is 0 Å². The molecule has 2 aliphatic carbocycles. The molecule has 0 aromatic heterocycles. The van der Waals surface area contributed by atoms with E-state index in [-0.39, 0.29) is 18.4 Å². The molecule has 3 unspecified atom stereocenters. The Kier molecular flexibility index (Phi) is 2.02. The number of rotatable bonds is 1. The monoisotopic (exact) mass is 222 g/mol. The zero-order chi connectivity index (χ0) is 11.3. The summed E-state index contributed by atoms with van der Waals surface area (Å²) in [5, 5.41) is 2.22. The van der Waals surface area contributed by atoms with Crippen molar-refractivity contribution >= 4 is 17.8 Å². The van der Waals surface area contributed by atoms with Gasteiger partial charge in [0, 0.05) is 6.04 Å². The highest BCUT2D eigenvalue weighted by molar-refractivity contribution is 6.14. The summed E-state index contributed by atoms with van der Waals surface area (Å²) in [6.45, 7) is 0. The Hall–Kier alpha value is -1.39. The third-order valence-electron chi connectivity index (χ3n) is 4.08. The number of amides is 4. The van der Waals surface area contributed by atoms with E-state index in [1.165, 1.54) is 11.3 Å². The van der Waals surface area contributed by atoms with Crippen LogP contribution in [0.15, 0.2) is 0 Å². The van der Waals surface area contributed by atoms with Crippen LogP contribution in [0.1, 0.15) is 32.1 Å². The van der Waals surface area contributed by atoms with Crippen LogP contribution in [0.2, 0.25) is 0 Å². The summed E-state index contributed by atoms with van der Waals surface area (Å²) in [5.41, 5.74) is 0. The molecule has 3 atom stereocenters. The van der Waals surface area contributed by atoms with Crippen molar-refractivity contribution < 1.29 is 14.4 Å². The molecule has 0 aromatic rings. The maximum absolute atomic E-state index is 11.7. The lowest BCUT2D eigenvalue weighted by atomic mass is 9.93. The van der Waals surface area contributed by atoms with Gasteiger partial charge in [-0.05, 0) is 31.1 Å². The zero-order valence-corrected chi connectivity index (χ0v) is 8.94. The van der Waals surface area contributed by atoms with Crippen LogP contribution in [0.3, 0.4) is 0 Å². The molecular formula is C11H14N2O3. The predicted octanol–water partition coefficient (Wildman–Crippen LogP) is 0.643. The maximum Gasteiger partial charge on any atom is 0.331 e. The summed E-state index contributed by atoms with van der Waals surface area (Å²) in [6.07, 6.45) is 4.22. The molecule has 2 saturated carbocycles. The maximum atomic E-state index is 11.7. The fourth-order valence-corrected chi connectivity index (χ4v) is 3.42. The lowest BCUT2D eigenvalue weighted by Crippen LogP contribution is -2.57. The van der Waals surface area contributed by atoms with Gasteiger partial charge in [-0.1, -0.05) is 6.42 Å². The van der Waals surface area contributed by atoms with Crippen LogP contribution in [0.4, 0.5) is 4.79 Å². The Bertz CT molecular complexity index is 359. The minimum Gasteiger partial charge on any atom is -0.277 e. The van der Waals surface area contributed by atoms with Crippen molar-refractivity contribution in [2.45, 2.75) is 38.1 Å². The number of carbonyl (C=O) groups is 3. The van der Waals surface area contributed by atoms with Crippen molar-refractivity contribution in [1.82, 2.24) is 10.2 Å². The SMILES string of the molecule is O=C1CC(=O)N(C2CC3CCC2C3)C(=O)N1. The van der Waals surface area contributed by atoms with Gasteiger partial charge in [-0.3, -0.25) is 19.8 Å². The molecule has 3 fully saturated rings. The van der Waals surface area contributed by atoms with E-state index in [1.54, 1.807) is 0 Å². The first kappa shape index (κ1) is 9.81. The van der Waals surface area contributed by atoms with Gasteiger partial charge in [0.25, 0.3) is 0 Å². The van der Waals surface area contributed by atoms with E-state index < -0.39 is 11.9 Å². The number of fused-ring (bicyclic) bond motifs is 2. The molecule has 0 spiro atoms. The Labute approximate surface area is 93.2 Å². The van der Waals surface area contributed by atoms with Crippen molar-refractivity contribution in [2.24, 2.45) is 11.8 Å². The van der Waals surface area contributed by atoms with E-state index in [2.05, 4.69) is 5.32 Å². The predicted molar refractivity (Wildman–Crippen MR) is 54.2 cm³/mol. The number of carbonyl (C=O) groups excluding carboxylic acids is 3. The molecule has 2 bridgehead atoms. The second-order valence-corrected chi connectivity index (χ2v) is 5.04. The fourth-order valence-electron chi connectivity index (χ4n) is 3.42. The molecule has 5 heteroatoms. The average molecular weight is 222 g/mol. The standard InChI is InChI=1S/C11H14N2O3/c14-9-5-10(15)13(11(16)12-9)8-4-6-1-2-7(8)3-6/h6-8H,1-5H2,(H,12,14,16). The molecule has 1 heterocycles. The van der Waals surface area contributed by atoms with Gasteiger partial charge in [-0.2, -0.15) is 0 Å². The average Bonchev–Trinajstić information content (AvgIpc) is 2.77. The Morgan fingerprint density at radius 3 is 2.50 bits per heavy atom. The minimum atomic E-state index is -0.515. The summed E-state index contributed by atoms with van der Waals surface area (Å²) < 4.78 is 0. The quantitative estimate of drug-likeness (QED) is 0.662. The molecule has 1 aliphatic heterocycles. The van der Waals surface area contributed by atoms with Gasteiger partial charge in [0.2, 0.25) is 11.8 Å². The normalized spacial score (nSPS) is 38.1. The molecule has 0 radical (unpaired) electrons. The first-order valence-electron chi connectivity index (χ1n) is 5.81. The molecule has 0 aromatic carbocycles. The van der Waals surface area contributed by atoms with Crippen molar-refractivity contribution in [1.29, 1.82) is 0 Å². The van der Waals surface area contributed by atoms with Gasteiger partial charge in [-0.25, -0.2) is 4.79 Å². The second-order valence-electron chi connectivity index (χ2n) is 5.04. The van der Waals surface area contributed by atoms with E-state index in [9.17, 15) is 14.4 Å². The third-order valence-corrected chi connectivity index (χ3v) is 4.08. The van der Waals surface area contributed by atoms with E-state index in [0.29, 0.717) is 11.8 Å². The van der Waals surface area contributed by atoms with Crippen LogP contribution >= 0.6 is 0 Å². The smallest absolute Gasteiger partial charge is 0.277 e. The van der Waals surface area contributed by atoms with Gasteiger partial charge in [0.15, 0.2) is 0 Å². The van der Waals surface area contributed by atoms with Crippen molar-refractivity contribution in [3.63, 3.8) is 0 Å². The van der Waals surface area contributed by atoms with Crippen LogP contribution < -0.4 is 5.32 Å². The highest BCUT2D eigenvalue weighted by atomic mass is 16.2. The molecule has 4 amide bonds. The molecule has 3 rings (SSSR count). The summed E-state index contributed by atoms with van der Waals surface area (Å²) >= 11 is 0. The van der Waals surface area contributed by atoms with Crippen LogP contribution in [-0.2, 0) is 9.59 Å². The van der Waals surface area contributed by atoms with Gasteiger partial charge in [0.1, 0.15) is 6.42 Å². The van der Waals surface area contributed by atoms with Crippen molar-refractivity contribution in [3.8, 4) is 0 Å². The summed E-state index contributed by atoms with van der Waals surface area (Å²) in [4.78, 5) is 35.7. The van der Waals surface area contributed by atoms with E-state index in [1.807, 2.05) is 0 Å². The lowest BCUT2D eigenvalue weighted by Gasteiger charge is -2.34. The summed E-state index contributed by atoms with van der Waals surface area (Å²) in [5.74, 6) is 0.335. The van der Waals surface area contributed by atoms with Gasteiger partial charge >= 0.3 is 6.03 Å². The first-order chi connectivity index (χ1) is 7.65. The van der Waals surface area contributed by atoms with Crippen LogP contribution in [-0.4, -0.2) is 28.8 Å². The molecule has 5 nitrogen and oxygen atoms in total. The van der Waals surface area contributed by atoms with Crippen LogP contribution in [0, 0.1) is 11.8 Å². The minimum absolute atomic E-state index is 0.0411. The topological polar surface area (TPSA) is 66.5 Å². The summed E-state index contributed by atoms with van der Waals surface area (Å²) in [6, 6.07) is -0.474. The van der Waals surface area contributed by atoms with Gasteiger partial charge < -0.3 is 0 Å². The summed E-state index contributed by atoms with van der Waals surface area (Å²) in [7, 11) is 0. The number of urea groups is 1. The number of nitrogens with zero attached hydrogens (tertiary/aromatic N) is 1. The molecule has 3 aliphatic rings. The Morgan fingerprint density at radius 2 is 1.94 bits per heavy atom. The second kappa shape index (κ2) is 3.30. The number of imide groups is 2. The number of hydrogen-bond donors (Lipinski definition) is 1. The zero-order valence-electron chi connectivity index (χ0n) is 8.94. The molecule has 1 saturated heterocycles. The van der Waals surface area contributed by atoms with E-state index in [4.69, 9.17) is 0 Å². The molecule has 16 heavy (non-hydrogen) atoms. The number of barbiturate groups is 1. The first-order valence-corrected chi connectivity index (χ1v) is 5.81. The highest BCUT2D eigenvalue weighted by Gasteiger charge is 2.47. The van der Waals surface area contributed by atoms with E-state index >= 15 is 0 Å². The van der Waals surface area contributed by atoms with Gasteiger partial charge in [0.05, 0.1) is 0 Å². The number of hydrogen-bond acceptors (Lipinski definition) is 3. The number of nitrogens with one attached hydrogen (secondary N) is 1. The lowest BCUT2D eigenvalue weighted by molar-refractivity contribution is -0.138. The largest absolute Gasteiger partial charge is 0.331 e. The molecular weight excluding hydrogens is 208 g/mol. The van der Waals surface area contributed by atoms with E-state index in [0.717, 1.165) is 19.3 Å². The highest BCUT2D eigenvalue weighted by Crippen LogP contribution is 2.46. The Balaban J connectivity index is 1.81. The third kappa shape index (κ3) is 1.34. The molecule has 1 N–H and O–H groups in total. The van der Waals surface area contributed by atoms with Crippen LogP contribution in [0.25, 0.3) is 0 Å². The van der Waals surface area contributed by atoms with Crippen LogP contribution in [0.5, 0.6) is 0 Å². The van der Waals surface area contributed by atoms with Crippen molar-refractivity contribution in [2.75, 3.05) is 0 Å². The molecule has 86 valence electrons. The van der Waals surface area contributed by atoms with Crippen molar-refractivity contribution in [3.05, 3.63) is 0 Å². The fraction of sp³-hybridized carbons (Fsp3) is 0.727.